The Balaban J connectivity index is 1.56. The number of ether oxygens (including phenoxy) is 1. The highest BCUT2D eigenvalue weighted by molar-refractivity contribution is 5.63. The van der Waals surface area contributed by atoms with Crippen LogP contribution in [0.3, 0.4) is 0 Å². The Labute approximate surface area is 162 Å². The zero-order valence-electron chi connectivity index (χ0n) is 15.1. The van der Waals surface area contributed by atoms with E-state index in [9.17, 15) is 0 Å². The normalized spacial score (nSPS) is 10.3. The van der Waals surface area contributed by atoms with E-state index in [-0.39, 0.29) is 0 Å². The molecule has 0 saturated heterocycles. The molecule has 7 nitrogen and oxygen atoms in total. The number of hydrogen-bond donors (Lipinski definition) is 1. The van der Waals surface area contributed by atoms with Crippen LogP contribution in [-0.2, 0) is 0 Å². The Morgan fingerprint density at radius 3 is 2.79 bits per heavy atom. The number of aryl methyl sites for hydroxylation is 1. The molecule has 0 fully saturated rings. The fourth-order valence-corrected chi connectivity index (χ4v) is 2.65. The number of nitrogens with one attached hydrogen (secondary N) is 1. The maximum absolute atomic E-state index is 7.12. The van der Waals surface area contributed by atoms with Gasteiger partial charge in [-0.1, -0.05) is 18.2 Å². The fourth-order valence-electron chi connectivity index (χ4n) is 2.65. The van der Waals surface area contributed by atoms with Gasteiger partial charge in [-0.05, 0) is 37.3 Å². The lowest BCUT2D eigenvalue weighted by Crippen LogP contribution is -2.02. The van der Waals surface area contributed by atoms with Gasteiger partial charge in [0.15, 0.2) is 11.5 Å². The molecule has 1 N–H and O–H groups in total. The number of rotatable bonds is 5. The zero-order chi connectivity index (χ0) is 19.3. The first-order valence-electron chi connectivity index (χ1n) is 8.58. The fraction of sp³-hybridized carbons (Fsp3) is 0.0476. The Bertz CT molecular complexity index is 1160. The smallest absolute Gasteiger partial charge is 0.223 e. The second kappa shape index (κ2) is 7.60. The minimum absolute atomic E-state index is 0.547. The molecule has 0 bridgehead atoms. The highest BCUT2D eigenvalue weighted by Gasteiger charge is 2.09. The summed E-state index contributed by atoms with van der Waals surface area (Å²) < 4.78 is 7.64. The molecule has 28 heavy (non-hydrogen) atoms. The van der Waals surface area contributed by atoms with Gasteiger partial charge < -0.3 is 10.1 Å². The third kappa shape index (κ3) is 3.81. The Morgan fingerprint density at radius 1 is 1.04 bits per heavy atom. The first kappa shape index (κ1) is 17.2. The lowest BCUT2D eigenvalue weighted by molar-refractivity contribution is 0.442. The summed E-state index contributed by atoms with van der Waals surface area (Å²) in [5.41, 5.74) is 2.25. The maximum Gasteiger partial charge on any atom is 0.223 e. The standard InChI is InChI=1S/C21H16N6O/c1-15-5-3-8-20(25-15)27-21(10-12-24-27)28-18-9-11-23-19(14-18)26-17-7-4-6-16(13-17)22-2/h3-14H,1H3,(H,23,26). The molecule has 0 saturated carbocycles. The highest BCUT2D eigenvalue weighted by atomic mass is 16.5. The van der Waals surface area contributed by atoms with Gasteiger partial charge in [-0.25, -0.2) is 14.8 Å². The van der Waals surface area contributed by atoms with Gasteiger partial charge in [-0.15, -0.1) is 0 Å². The summed E-state index contributed by atoms with van der Waals surface area (Å²) in [6.07, 6.45) is 3.32. The van der Waals surface area contributed by atoms with Crippen molar-refractivity contribution in [3.8, 4) is 17.4 Å². The molecule has 0 radical (unpaired) electrons. The van der Waals surface area contributed by atoms with Crippen LogP contribution in [0.1, 0.15) is 5.69 Å². The van der Waals surface area contributed by atoms with Gasteiger partial charge in [-0.3, -0.25) is 0 Å². The summed E-state index contributed by atoms with van der Waals surface area (Å²) >= 11 is 0. The van der Waals surface area contributed by atoms with E-state index in [0.717, 1.165) is 11.4 Å². The van der Waals surface area contributed by atoms with Gasteiger partial charge in [0.1, 0.15) is 11.6 Å². The lowest BCUT2D eigenvalue weighted by Gasteiger charge is -2.10. The van der Waals surface area contributed by atoms with E-state index in [0.29, 0.717) is 29.0 Å². The van der Waals surface area contributed by atoms with Gasteiger partial charge in [0, 0.05) is 29.7 Å². The van der Waals surface area contributed by atoms with Crippen molar-refractivity contribution in [1.29, 1.82) is 0 Å². The second-order valence-corrected chi connectivity index (χ2v) is 5.98. The van der Waals surface area contributed by atoms with Crippen molar-refractivity contribution in [2.24, 2.45) is 0 Å². The number of hydrogen-bond acceptors (Lipinski definition) is 5. The average Bonchev–Trinajstić information content (AvgIpc) is 3.16. The van der Waals surface area contributed by atoms with Crippen molar-refractivity contribution in [3.05, 3.63) is 90.2 Å². The molecule has 1 aromatic carbocycles. The molecule has 0 unspecified atom stereocenters. The van der Waals surface area contributed by atoms with Crippen LogP contribution >= 0.6 is 0 Å². The van der Waals surface area contributed by atoms with E-state index < -0.39 is 0 Å². The van der Waals surface area contributed by atoms with Crippen LogP contribution in [0, 0.1) is 13.5 Å². The van der Waals surface area contributed by atoms with Gasteiger partial charge >= 0.3 is 0 Å². The molecular formula is C21H16N6O. The van der Waals surface area contributed by atoms with Crippen LogP contribution in [0.2, 0.25) is 0 Å². The van der Waals surface area contributed by atoms with Crippen molar-refractivity contribution >= 4 is 17.2 Å². The molecule has 136 valence electrons. The van der Waals surface area contributed by atoms with Crippen molar-refractivity contribution in [2.75, 3.05) is 5.32 Å². The summed E-state index contributed by atoms with van der Waals surface area (Å²) in [4.78, 5) is 12.2. The van der Waals surface area contributed by atoms with Crippen molar-refractivity contribution in [1.82, 2.24) is 19.7 Å². The maximum atomic E-state index is 7.12. The van der Waals surface area contributed by atoms with E-state index in [1.54, 1.807) is 47.4 Å². The summed E-state index contributed by atoms with van der Waals surface area (Å²) in [5, 5.41) is 7.49. The largest absolute Gasteiger partial charge is 0.439 e. The van der Waals surface area contributed by atoms with Crippen LogP contribution in [-0.4, -0.2) is 19.7 Å². The van der Waals surface area contributed by atoms with Crippen molar-refractivity contribution in [2.45, 2.75) is 6.92 Å². The lowest BCUT2D eigenvalue weighted by atomic mass is 10.3. The topological polar surface area (TPSA) is 69.2 Å². The molecule has 0 amide bonds. The number of benzene rings is 1. The number of anilines is 2. The van der Waals surface area contributed by atoms with Crippen LogP contribution in [0.25, 0.3) is 10.7 Å². The van der Waals surface area contributed by atoms with E-state index in [1.807, 2.05) is 37.3 Å². The number of nitrogens with zero attached hydrogens (tertiary/aromatic N) is 5. The highest BCUT2D eigenvalue weighted by Crippen LogP contribution is 2.26. The van der Waals surface area contributed by atoms with Gasteiger partial charge in [0.25, 0.3) is 0 Å². The van der Waals surface area contributed by atoms with E-state index in [4.69, 9.17) is 11.3 Å². The minimum atomic E-state index is 0.547. The van der Waals surface area contributed by atoms with Crippen molar-refractivity contribution < 1.29 is 4.74 Å². The quantitative estimate of drug-likeness (QED) is 0.499. The van der Waals surface area contributed by atoms with Crippen LogP contribution < -0.4 is 10.1 Å². The molecular weight excluding hydrogens is 352 g/mol. The Kier molecular flexibility index (Phi) is 4.68. The summed E-state index contributed by atoms with van der Waals surface area (Å²) in [5.74, 6) is 2.45. The van der Waals surface area contributed by atoms with E-state index >= 15 is 0 Å². The number of aromatic nitrogens is 4. The van der Waals surface area contributed by atoms with Gasteiger partial charge in [0.2, 0.25) is 5.88 Å². The molecule has 0 aliphatic carbocycles. The SMILES string of the molecule is [C-]#[N+]c1cccc(Nc2cc(Oc3ccnn3-c3cccc(C)n3)ccn2)c1. The molecule has 0 aliphatic heterocycles. The van der Waals surface area contributed by atoms with Crippen molar-refractivity contribution in [3.63, 3.8) is 0 Å². The summed E-state index contributed by atoms with van der Waals surface area (Å²) in [6, 6.07) is 18.3. The Hall–Kier alpha value is -4.18. The predicted molar refractivity (Wildman–Crippen MR) is 106 cm³/mol. The molecule has 3 aromatic heterocycles. The predicted octanol–water partition coefficient (Wildman–Crippen LogP) is 5.06. The summed E-state index contributed by atoms with van der Waals surface area (Å²) in [6.45, 7) is 9.04. The second-order valence-electron chi connectivity index (χ2n) is 5.98. The van der Waals surface area contributed by atoms with Gasteiger partial charge in [0.05, 0.1) is 12.8 Å². The Morgan fingerprint density at radius 2 is 1.93 bits per heavy atom. The van der Waals surface area contributed by atoms with Crippen LogP contribution in [0.5, 0.6) is 11.6 Å². The first-order valence-corrected chi connectivity index (χ1v) is 8.58. The third-order valence-electron chi connectivity index (χ3n) is 3.90. The third-order valence-corrected chi connectivity index (χ3v) is 3.90. The molecule has 4 aromatic rings. The summed E-state index contributed by atoms with van der Waals surface area (Å²) in [7, 11) is 0. The zero-order valence-corrected chi connectivity index (χ0v) is 15.1. The average molecular weight is 368 g/mol. The minimum Gasteiger partial charge on any atom is -0.439 e. The monoisotopic (exact) mass is 368 g/mol. The van der Waals surface area contributed by atoms with Gasteiger partial charge in [-0.2, -0.15) is 9.78 Å². The molecule has 0 aliphatic rings. The molecule has 7 heteroatoms. The molecule has 3 heterocycles. The number of pyridine rings is 2. The molecule has 0 spiro atoms. The first-order chi connectivity index (χ1) is 13.7. The van der Waals surface area contributed by atoms with Crippen LogP contribution in [0.15, 0.2) is 73.1 Å². The van der Waals surface area contributed by atoms with E-state index in [1.165, 1.54) is 0 Å². The molecule has 0 atom stereocenters. The van der Waals surface area contributed by atoms with E-state index in [2.05, 4.69) is 25.2 Å². The van der Waals surface area contributed by atoms with Crippen LogP contribution in [0.4, 0.5) is 17.2 Å². The molecule has 4 rings (SSSR count).